The molecule has 0 bridgehead atoms. The lowest BCUT2D eigenvalue weighted by Gasteiger charge is -2.37. The minimum Gasteiger partial charge on any atom is -0.473 e. The molecule has 4 rings (SSSR count). The molecule has 0 N–H and O–H groups in total. The van der Waals surface area contributed by atoms with E-state index >= 15 is 0 Å². The van der Waals surface area contributed by atoms with Crippen molar-refractivity contribution >= 4 is 17.5 Å². The summed E-state index contributed by atoms with van der Waals surface area (Å²) in [4.78, 5) is 18.8. The zero-order valence-corrected chi connectivity index (χ0v) is 15.4. The van der Waals surface area contributed by atoms with E-state index in [1.807, 2.05) is 0 Å². The van der Waals surface area contributed by atoms with E-state index in [-0.39, 0.29) is 12.0 Å². The molecule has 0 aliphatic carbocycles. The summed E-state index contributed by atoms with van der Waals surface area (Å²) in [5.41, 5.74) is 0.471. The third kappa shape index (κ3) is 3.81. The third-order valence-corrected chi connectivity index (χ3v) is 5.40. The Hall–Kier alpha value is -1.41. The standard InChI is InChI=1S/C18H23ClN2O5/c19-15-11-13(12-20-16(15)26-14-1-7-23-8-2-14)17(22)21-5-3-18(4-6-21)24-9-10-25-18/h11-12,14H,1-10H2. The van der Waals surface area contributed by atoms with Crippen LogP contribution in [0.3, 0.4) is 0 Å². The van der Waals surface area contributed by atoms with Gasteiger partial charge in [-0.05, 0) is 6.07 Å². The van der Waals surface area contributed by atoms with Crippen LogP contribution in [-0.2, 0) is 14.2 Å². The number of amides is 1. The van der Waals surface area contributed by atoms with Crippen LogP contribution >= 0.6 is 11.6 Å². The quantitative estimate of drug-likeness (QED) is 0.798. The van der Waals surface area contributed by atoms with Gasteiger partial charge >= 0.3 is 0 Å². The number of nitrogens with zero attached hydrogens (tertiary/aromatic N) is 2. The molecule has 3 aliphatic rings. The maximum atomic E-state index is 12.7. The fourth-order valence-electron chi connectivity index (χ4n) is 3.60. The van der Waals surface area contributed by atoms with Crippen molar-refractivity contribution in [1.29, 1.82) is 0 Å². The average Bonchev–Trinajstić information content (AvgIpc) is 3.12. The second-order valence-corrected chi connectivity index (χ2v) is 7.25. The van der Waals surface area contributed by atoms with Crippen LogP contribution in [0.25, 0.3) is 0 Å². The summed E-state index contributed by atoms with van der Waals surface area (Å²) >= 11 is 6.30. The van der Waals surface area contributed by atoms with E-state index in [0.717, 1.165) is 12.8 Å². The molecule has 0 unspecified atom stereocenters. The Bertz CT molecular complexity index is 649. The summed E-state index contributed by atoms with van der Waals surface area (Å²) in [5.74, 6) is -0.195. The maximum Gasteiger partial charge on any atom is 0.255 e. The zero-order chi connectivity index (χ0) is 18.0. The SMILES string of the molecule is O=C(c1cnc(OC2CCOCC2)c(Cl)c1)N1CCC2(CC1)OCCO2. The van der Waals surface area contributed by atoms with E-state index < -0.39 is 5.79 Å². The molecule has 3 aliphatic heterocycles. The fourth-order valence-corrected chi connectivity index (χ4v) is 3.81. The molecule has 3 saturated heterocycles. The molecule has 0 saturated carbocycles. The Morgan fingerprint density at radius 2 is 1.88 bits per heavy atom. The molecule has 0 radical (unpaired) electrons. The third-order valence-electron chi connectivity index (χ3n) is 5.13. The maximum absolute atomic E-state index is 12.7. The number of ether oxygens (including phenoxy) is 4. The summed E-state index contributed by atoms with van der Waals surface area (Å²) < 4.78 is 22.6. The van der Waals surface area contributed by atoms with Crippen LogP contribution in [-0.4, -0.2) is 67.2 Å². The van der Waals surface area contributed by atoms with Gasteiger partial charge in [0, 0.05) is 45.0 Å². The van der Waals surface area contributed by atoms with Gasteiger partial charge < -0.3 is 23.8 Å². The highest BCUT2D eigenvalue weighted by Gasteiger charge is 2.41. The summed E-state index contributed by atoms with van der Waals surface area (Å²) in [6, 6.07) is 1.64. The van der Waals surface area contributed by atoms with Gasteiger partial charge in [0.25, 0.3) is 5.91 Å². The van der Waals surface area contributed by atoms with Crippen LogP contribution in [0.5, 0.6) is 5.88 Å². The van der Waals surface area contributed by atoms with Crippen molar-refractivity contribution in [3.05, 3.63) is 22.8 Å². The molecule has 26 heavy (non-hydrogen) atoms. The molecule has 1 amide bonds. The second-order valence-electron chi connectivity index (χ2n) is 6.84. The van der Waals surface area contributed by atoms with Crippen LogP contribution < -0.4 is 4.74 Å². The lowest BCUT2D eigenvalue weighted by molar-refractivity contribution is -0.181. The normalized spacial score (nSPS) is 23.3. The highest BCUT2D eigenvalue weighted by Crippen LogP contribution is 2.32. The molecule has 0 atom stereocenters. The predicted octanol–water partition coefficient (Wildman–Crippen LogP) is 2.27. The molecule has 1 aromatic heterocycles. The number of hydrogen-bond acceptors (Lipinski definition) is 6. The topological polar surface area (TPSA) is 70.1 Å². The van der Waals surface area contributed by atoms with Gasteiger partial charge in [0.15, 0.2) is 5.79 Å². The monoisotopic (exact) mass is 382 g/mol. The Balaban J connectivity index is 1.38. The summed E-state index contributed by atoms with van der Waals surface area (Å²) in [7, 11) is 0. The molecule has 4 heterocycles. The van der Waals surface area contributed by atoms with Gasteiger partial charge in [-0.2, -0.15) is 0 Å². The number of hydrogen-bond donors (Lipinski definition) is 0. The molecule has 3 fully saturated rings. The van der Waals surface area contributed by atoms with Crippen molar-refractivity contribution < 1.29 is 23.7 Å². The van der Waals surface area contributed by atoms with Crippen molar-refractivity contribution in [3.63, 3.8) is 0 Å². The number of pyridine rings is 1. The van der Waals surface area contributed by atoms with Gasteiger partial charge in [0.05, 0.1) is 32.0 Å². The largest absolute Gasteiger partial charge is 0.473 e. The van der Waals surface area contributed by atoms with Gasteiger partial charge in [0.1, 0.15) is 11.1 Å². The van der Waals surface area contributed by atoms with Crippen LogP contribution in [0, 0.1) is 0 Å². The Labute approximate surface area is 157 Å². The van der Waals surface area contributed by atoms with Crippen LogP contribution in [0.15, 0.2) is 12.3 Å². The van der Waals surface area contributed by atoms with Crippen molar-refractivity contribution in [3.8, 4) is 5.88 Å². The number of carbonyl (C=O) groups excluding carboxylic acids is 1. The van der Waals surface area contributed by atoms with E-state index in [0.29, 0.717) is 68.8 Å². The van der Waals surface area contributed by atoms with E-state index in [2.05, 4.69) is 4.98 Å². The van der Waals surface area contributed by atoms with Crippen LogP contribution in [0.4, 0.5) is 0 Å². The number of aromatic nitrogens is 1. The van der Waals surface area contributed by atoms with Gasteiger partial charge in [-0.25, -0.2) is 4.98 Å². The first-order valence-electron chi connectivity index (χ1n) is 9.12. The molecule has 142 valence electrons. The fraction of sp³-hybridized carbons (Fsp3) is 0.667. The number of piperidine rings is 1. The van der Waals surface area contributed by atoms with Gasteiger partial charge in [-0.1, -0.05) is 11.6 Å². The molecule has 0 aromatic carbocycles. The molecule has 1 aromatic rings. The van der Waals surface area contributed by atoms with Gasteiger partial charge in [0.2, 0.25) is 5.88 Å². The first-order valence-corrected chi connectivity index (χ1v) is 9.50. The highest BCUT2D eigenvalue weighted by molar-refractivity contribution is 6.32. The summed E-state index contributed by atoms with van der Waals surface area (Å²) in [6.45, 7) is 3.81. The Morgan fingerprint density at radius 3 is 2.54 bits per heavy atom. The smallest absolute Gasteiger partial charge is 0.255 e. The minimum absolute atomic E-state index is 0.0556. The summed E-state index contributed by atoms with van der Waals surface area (Å²) in [5, 5.41) is 0.360. The summed E-state index contributed by atoms with van der Waals surface area (Å²) in [6.07, 6.45) is 4.60. The average molecular weight is 383 g/mol. The van der Waals surface area contributed by atoms with Crippen molar-refractivity contribution in [1.82, 2.24) is 9.88 Å². The first-order chi connectivity index (χ1) is 12.7. The first kappa shape index (κ1) is 18.0. The Kier molecular flexibility index (Phi) is 5.31. The zero-order valence-electron chi connectivity index (χ0n) is 14.6. The molecular formula is C18H23ClN2O5. The van der Waals surface area contributed by atoms with Crippen molar-refractivity contribution in [2.45, 2.75) is 37.6 Å². The van der Waals surface area contributed by atoms with E-state index in [1.165, 1.54) is 6.20 Å². The second kappa shape index (κ2) is 7.68. The molecule has 1 spiro atoms. The number of rotatable bonds is 3. The number of likely N-dealkylation sites (tertiary alicyclic amines) is 1. The predicted molar refractivity (Wildman–Crippen MR) is 93.5 cm³/mol. The van der Waals surface area contributed by atoms with E-state index in [4.69, 9.17) is 30.5 Å². The molecular weight excluding hydrogens is 360 g/mol. The van der Waals surface area contributed by atoms with Gasteiger partial charge in [-0.15, -0.1) is 0 Å². The number of halogens is 1. The minimum atomic E-state index is -0.492. The van der Waals surface area contributed by atoms with Gasteiger partial charge in [-0.3, -0.25) is 4.79 Å². The van der Waals surface area contributed by atoms with Crippen LogP contribution in [0.1, 0.15) is 36.0 Å². The van der Waals surface area contributed by atoms with Crippen molar-refractivity contribution in [2.24, 2.45) is 0 Å². The molecule has 8 heteroatoms. The lowest BCUT2D eigenvalue weighted by atomic mass is 10.0. The van der Waals surface area contributed by atoms with E-state index in [1.54, 1.807) is 11.0 Å². The lowest BCUT2D eigenvalue weighted by Crippen LogP contribution is -2.47. The van der Waals surface area contributed by atoms with Crippen molar-refractivity contribution in [2.75, 3.05) is 39.5 Å². The van der Waals surface area contributed by atoms with E-state index in [9.17, 15) is 4.79 Å². The Morgan fingerprint density at radius 1 is 1.19 bits per heavy atom. The number of carbonyl (C=O) groups is 1. The van der Waals surface area contributed by atoms with Crippen LogP contribution in [0.2, 0.25) is 5.02 Å². The highest BCUT2D eigenvalue weighted by atomic mass is 35.5. The molecule has 7 nitrogen and oxygen atoms in total.